The minimum atomic E-state index is -4.90. The highest BCUT2D eigenvalue weighted by molar-refractivity contribution is 9.10. The summed E-state index contributed by atoms with van der Waals surface area (Å²) in [5, 5.41) is 2.66. The third-order valence-corrected chi connectivity index (χ3v) is 3.96. The van der Waals surface area contributed by atoms with Gasteiger partial charge < -0.3 is 10.2 Å². The fraction of sp³-hybridized carbons (Fsp3) is 0.429. The van der Waals surface area contributed by atoms with E-state index in [1.54, 1.807) is 24.3 Å². The lowest BCUT2D eigenvalue weighted by Crippen LogP contribution is -2.48. The number of anilines is 1. The van der Waals surface area contributed by atoms with E-state index >= 15 is 0 Å². The molecule has 120 valence electrons. The molecule has 0 saturated carbocycles. The summed E-state index contributed by atoms with van der Waals surface area (Å²) in [6.45, 7) is -0.179. The number of hydrogen-bond donors (Lipinski definition) is 1. The maximum Gasteiger partial charge on any atom is 0.471 e. The third kappa shape index (κ3) is 4.22. The van der Waals surface area contributed by atoms with Crippen molar-refractivity contribution in [3.8, 4) is 0 Å². The molecule has 1 aliphatic heterocycles. The van der Waals surface area contributed by atoms with Crippen molar-refractivity contribution in [3.05, 3.63) is 28.7 Å². The van der Waals surface area contributed by atoms with Crippen molar-refractivity contribution in [1.82, 2.24) is 4.90 Å². The Kier molecular flexibility index (Phi) is 5.10. The molecular weight excluding hydrogens is 365 g/mol. The van der Waals surface area contributed by atoms with Crippen molar-refractivity contribution in [2.45, 2.75) is 19.0 Å². The molecule has 1 aromatic carbocycles. The average Bonchev–Trinajstić information content (AvgIpc) is 2.48. The monoisotopic (exact) mass is 378 g/mol. The summed E-state index contributed by atoms with van der Waals surface area (Å²) >= 11 is 3.27. The summed E-state index contributed by atoms with van der Waals surface area (Å²) in [4.78, 5) is 24.1. The topological polar surface area (TPSA) is 49.4 Å². The molecule has 0 aromatic heterocycles. The molecule has 0 bridgehead atoms. The molecule has 1 atom stereocenters. The van der Waals surface area contributed by atoms with Crippen LogP contribution in [0.2, 0.25) is 0 Å². The number of alkyl halides is 3. The van der Waals surface area contributed by atoms with E-state index < -0.39 is 18.0 Å². The first-order valence-electron chi connectivity index (χ1n) is 6.70. The number of halogens is 4. The van der Waals surface area contributed by atoms with Crippen LogP contribution >= 0.6 is 15.9 Å². The molecule has 1 saturated heterocycles. The van der Waals surface area contributed by atoms with Crippen LogP contribution in [0.4, 0.5) is 18.9 Å². The summed E-state index contributed by atoms with van der Waals surface area (Å²) < 4.78 is 38.2. The van der Waals surface area contributed by atoms with Crippen LogP contribution in [-0.4, -0.2) is 36.0 Å². The number of carbonyl (C=O) groups excluding carboxylic acids is 2. The zero-order valence-electron chi connectivity index (χ0n) is 11.5. The number of likely N-dealkylation sites (tertiary alicyclic amines) is 1. The van der Waals surface area contributed by atoms with Crippen LogP contribution in [0.25, 0.3) is 0 Å². The lowest BCUT2D eigenvalue weighted by molar-refractivity contribution is -0.187. The molecule has 0 spiro atoms. The maximum absolute atomic E-state index is 12.5. The Morgan fingerprint density at radius 3 is 2.45 bits per heavy atom. The van der Waals surface area contributed by atoms with E-state index in [0.717, 1.165) is 4.47 Å². The molecular formula is C14H14BrF3N2O2. The molecule has 4 nitrogen and oxygen atoms in total. The predicted octanol–water partition coefficient (Wildman–Crippen LogP) is 3.19. The summed E-state index contributed by atoms with van der Waals surface area (Å²) in [6.07, 6.45) is -4.06. The average molecular weight is 379 g/mol. The summed E-state index contributed by atoms with van der Waals surface area (Å²) in [5.74, 6) is -2.89. The third-order valence-electron chi connectivity index (χ3n) is 3.43. The zero-order valence-corrected chi connectivity index (χ0v) is 13.1. The Hall–Kier alpha value is -1.57. The largest absolute Gasteiger partial charge is 0.471 e. The number of hydrogen-bond acceptors (Lipinski definition) is 2. The van der Waals surface area contributed by atoms with Gasteiger partial charge in [-0.25, -0.2) is 0 Å². The second kappa shape index (κ2) is 6.68. The van der Waals surface area contributed by atoms with E-state index in [-0.39, 0.29) is 19.0 Å². The molecule has 2 rings (SSSR count). The van der Waals surface area contributed by atoms with E-state index in [1.807, 2.05) is 0 Å². The van der Waals surface area contributed by atoms with E-state index in [9.17, 15) is 22.8 Å². The zero-order chi connectivity index (χ0) is 16.3. The first kappa shape index (κ1) is 16.8. The SMILES string of the molecule is O=C(Nc1ccc(Br)cc1)C1CCCN(C(=O)C(F)(F)F)C1. The molecule has 1 unspecified atom stereocenters. The summed E-state index contributed by atoms with van der Waals surface area (Å²) in [7, 11) is 0. The number of amides is 2. The highest BCUT2D eigenvalue weighted by Crippen LogP contribution is 2.25. The van der Waals surface area contributed by atoms with Gasteiger partial charge in [-0.3, -0.25) is 9.59 Å². The molecule has 22 heavy (non-hydrogen) atoms. The molecule has 2 amide bonds. The minimum absolute atomic E-state index is 0.0282. The van der Waals surface area contributed by atoms with E-state index in [2.05, 4.69) is 21.2 Å². The Morgan fingerprint density at radius 1 is 1.23 bits per heavy atom. The van der Waals surface area contributed by atoms with Crippen LogP contribution in [0.3, 0.4) is 0 Å². The lowest BCUT2D eigenvalue weighted by atomic mass is 9.97. The number of nitrogens with zero attached hydrogens (tertiary/aromatic N) is 1. The Bertz CT molecular complexity index is 560. The van der Waals surface area contributed by atoms with Gasteiger partial charge in [-0.1, -0.05) is 15.9 Å². The van der Waals surface area contributed by atoms with Gasteiger partial charge in [-0.2, -0.15) is 13.2 Å². The summed E-state index contributed by atoms with van der Waals surface area (Å²) in [6, 6.07) is 6.86. The quantitative estimate of drug-likeness (QED) is 0.858. The molecule has 1 N–H and O–H groups in total. The number of piperidine rings is 1. The summed E-state index contributed by atoms with van der Waals surface area (Å²) in [5.41, 5.74) is 0.562. The van der Waals surface area contributed by atoms with Gasteiger partial charge in [0.15, 0.2) is 0 Å². The molecule has 1 fully saturated rings. The Balaban J connectivity index is 1.98. The minimum Gasteiger partial charge on any atom is -0.334 e. The van der Waals surface area contributed by atoms with Crippen molar-refractivity contribution in [1.29, 1.82) is 0 Å². The van der Waals surface area contributed by atoms with E-state index in [0.29, 0.717) is 23.4 Å². The van der Waals surface area contributed by atoms with Gasteiger partial charge in [0, 0.05) is 23.2 Å². The van der Waals surface area contributed by atoms with Crippen LogP contribution in [0, 0.1) is 5.92 Å². The Labute approximate surface area is 133 Å². The standard InChI is InChI=1S/C14H14BrF3N2O2/c15-10-3-5-11(6-4-10)19-12(21)9-2-1-7-20(8-9)13(22)14(16,17)18/h3-6,9H,1-2,7-8H2,(H,19,21). The molecule has 0 aliphatic carbocycles. The van der Waals surface area contributed by atoms with Gasteiger partial charge in [0.1, 0.15) is 0 Å². The highest BCUT2D eigenvalue weighted by Gasteiger charge is 2.44. The number of carbonyl (C=O) groups is 2. The number of benzene rings is 1. The first-order valence-corrected chi connectivity index (χ1v) is 7.49. The van der Waals surface area contributed by atoms with Gasteiger partial charge in [-0.05, 0) is 37.1 Å². The fourth-order valence-corrected chi connectivity index (χ4v) is 2.60. The molecule has 0 radical (unpaired) electrons. The lowest BCUT2D eigenvalue weighted by Gasteiger charge is -2.32. The van der Waals surface area contributed by atoms with Crippen molar-refractivity contribution in [2.24, 2.45) is 5.92 Å². The highest BCUT2D eigenvalue weighted by atomic mass is 79.9. The smallest absolute Gasteiger partial charge is 0.334 e. The van der Waals surface area contributed by atoms with E-state index in [4.69, 9.17) is 0 Å². The van der Waals surface area contributed by atoms with Crippen molar-refractivity contribution in [3.63, 3.8) is 0 Å². The van der Waals surface area contributed by atoms with Crippen LogP contribution < -0.4 is 5.32 Å². The van der Waals surface area contributed by atoms with Crippen LogP contribution in [0.1, 0.15) is 12.8 Å². The molecule has 1 aromatic rings. The molecule has 1 aliphatic rings. The predicted molar refractivity (Wildman–Crippen MR) is 78.1 cm³/mol. The second-order valence-corrected chi connectivity index (χ2v) is 6.00. The van der Waals surface area contributed by atoms with Gasteiger partial charge in [0.05, 0.1) is 5.92 Å². The van der Waals surface area contributed by atoms with Crippen molar-refractivity contribution >= 4 is 33.4 Å². The van der Waals surface area contributed by atoms with Gasteiger partial charge >= 0.3 is 12.1 Å². The Morgan fingerprint density at radius 2 is 1.86 bits per heavy atom. The van der Waals surface area contributed by atoms with Crippen molar-refractivity contribution in [2.75, 3.05) is 18.4 Å². The normalized spacial score (nSPS) is 18.9. The fourth-order valence-electron chi connectivity index (χ4n) is 2.33. The van der Waals surface area contributed by atoms with Gasteiger partial charge in [0.2, 0.25) is 5.91 Å². The first-order chi connectivity index (χ1) is 10.3. The van der Waals surface area contributed by atoms with Crippen molar-refractivity contribution < 1.29 is 22.8 Å². The maximum atomic E-state index is 12.5. The molecule has 1 heterocycles. The van der Waals surface area contributed by atoms with Gasteiger partial charge in [-0.15, -0.1) is 0 Å². The van der Waals surface area contributed by atoms with E-state index in [1.165, 1.54) is 0 Å². The van der Waals surface area contributed by atoms with Gasteiger partial charge in [0.25, 0.3) is 0 Å². The molecule has 8 heteroatoms. The second-order valence-electron chi connectivity index (χ2n) is 5.08. The van der Waals surface area contributed by atoms with Crippen LogP contribution in [-0.2, 0) is 9.59 Å². The van der Waals surface area contributed by atoms with Crippen LogP contribution in [0.15, 0.2) is 28.7 Å². The number of rotatable bonds is 2. The van der Waals surface area contributed by atoms with Crippen LogP contribution in [0.5, 0.6) is 0 Å². The number of nitrogens with one attached hydrogen (secondary N) is 1.